The van der Waals surface area contributed by atoms with Gasteiger partial charge in [-0.1, -0.05) is 12.8 Å². The van der Waals surface area contributed by atoms with E-state index in [0.29, 0.717) is 11.8 Å². The number of carbonyl (C=O) groups is 1. The predicted molar refractivity (Wildman–Crippen MR) is 71.7 cm³/mol. The maximum absolute atomic E-state index is 10.9. The van der Waals surface area contributed by atoms with Crippen molar-refractivity contribution in [2.45, 2.75) is 51.0 Å². The van der Waals surface area contributed by atoms with Crippen LogP contribution >= 0.6 is 0 Å². The van der Waals surface area contributed by atoms with Gasteiger partial charge in [0, 0.05) is 6.54 Å². The molecule has 0 bridgehead atoms. The van der Waals surface area contributed by atoms with Gasteiger partial charge in [-0.3, -0.25) is 4.79 Å². The molecule has 1 atom stereocenters. The molecule has 1 aliphatic heterocycles. The molecule has 0 radical (unpaired) electrons. The van der Waals surface area contributed by atoms with Gasteiger partial charge in [-0.05, 0) is 57.7 Å². The minimum absolute atomic E-state index is 0.396. The molecule has 1 saturated carbocycles. The molecule has 2 rings (SSSR count). The molecular weight excluding hydrogens is 228 g/mol. The molecule has 0 aromatic carbocycles. The number of hydrogen-bond donors (Lipinski definition) is 2. The van der Waals surface area contributed by atoms with Gasteiger partial charge in [0.2, 0.25) is 0 Å². The normalized spacial score (nSPS) is 25.4. The zero-order valence-corrected chi connectivity index (χ0v) is 11.5. The Morgan fingerprint density at radius 2 is 1.89 bits per heavy atom. The predicted octanol–water partition coefficient (Wildman–Crippen LogP) is 1.71. The Balaban J connectivity index is 1.71. The molecule has 1 heterocycles. The quantitative estimate of drug-likeness (QED) is 0.784. The third-order valence-electron chi connectivity index (χ3n) is 4.96. The standard InChI is InChI=1S/C14H26N2O2/c1-15-12(13(17)18)4-9-16-10-7-14(8-11-16)5-2-3-6-14/h12,15H,2-11H2,1H3,(H,17,18). The molecule has 4 heteroatoms. The fraction of sp³-hybridized carbons (Fsp3) is 0.929. The Morgan fingerprint density at radius 1 is 1.28 bits per heavy atom. The summed E-state index contributed by atoms with van der Waals surface area (Å²) in [6, 6.07) is -0.396. The minimum Gasteiger partial charge on any atom is -0.480 e. The van der Waals surface area contributed by atoms with E-state index >= 15 is 0 Å². The largest absolute Gasteiger partial charge is 0.480 e. The summed E-state index contributed by atoms with van der Waals surface area (Å²) in [5.74, 6) is -0.734. The SMILES string of the molecule is CNC(CCN1CCC2(CCCC2)CC1)C(=O)O. The van der Waals surface area contributed by atoms with Gasteiger partial charge in [-0.15, -0.1) is 0 Å². The van der Waals surface area contributed by atoms with Crippen LogP contribution in [0.3, 0.4) is 0 Å². The van der Waals surface area contributed by atoms with E-state index in [1.54, 1.807) is 7.05 Å². The third kappa shape index (κ3) is 3.23. The summed E-state index contributed by atoms with van der Waals surface area (Å²) < 4.78 is 0. The maximum Gasteiger partial charge on any atom is 0.320 e. The molecule has 18 heavy (non-hydrogen) atoms. The topological polar surface area (TPSA) is 52.6 Å². The van der Waals surface area contributed by atoms with Crippen molar-refractivity contribution in [2.75, 3.05) is 26.7 Å². The highest BCUT2D eigenvalue weighted by Crippen LogP contribution is 2.46. The van der Waals surface area contributed by atoms with E-state index in [0.717, 1.165) is 19.6 Å². The zero-order chi connectivity index (χ0) is 13.0. The van der Waals surface area contributed by atoms with Gasteiger partial charge in [0.15, 0.2) is 0 Å². The van der Waals surface area contributed by atoms with Crippen molar-refractivity contribution in [3.8, 4) is 0 Å². The lowest BCUT2D eigenvalue weighted by molar-refractivity contribution is -0.139. The van der Waals surface area contributed by atoms with Crippen molar-refractivity contribution in [3.63, 3.8) is 0 Å². The number of piperidine rings is 1. The number of likely N-dealkylation sites (N-methyl/N-ethyl adjacent to an activating group) is 1. The van der Waals surface area contributed by atoms with Gasteiger partial charge in [-0.25, -0.2) is 0 Å². The molecule has 1 aliphatic carbocycles. The van der Waals surface area contributed by atoms with Crippen molar-refractivity contribution in [2.24, 2.45) is 5.41 Å². The van der Waals surface area contributed by atoms with Gasteiger partial charge in [-0.2, -0.15) is 0 Å². The summed E-state index contributed by atoms with van der Waals surface area (Å²) in [5, 5.41) is 11.9. The van der Waals surface area contributed by atoms with Crippen molar-refractivity contribution < 1.29 is 9.90 Å². The number of carboxylic acids is 1. The maximum atomic E-state index is 10.9. The molecule has 0 amide bonds. The Hall–Kier alpha value is -0.610. The molecule has 2 N–H and O–H groups in total. The van der Waals surface area contributed by atoms with Crippen molar-refractivity contribution in [1.82, 2.24) is 10.2 Å². The summed E-state index contributed by atoms with van der Waals surface area (Å²) in [6.45, 7) is 3.24. The number of carboxylic acid groups (broad SMARTS) is 1. The van der Waals surface area contributed by atoms with Gasteiger partial charge in [0.25, 0.3) is 0 Å². The molecule has 4 nitrogen and oxygen atoms in total. The lowest BCUT2D eigenvalue weighted by atomic mass is 9.77. The Labute approximate surface area is 110 Å². The van der Waals surface area contributed by atoms with Crippen LogP contribution in [-0.4, -0.2) is 48.7 Å². The second-order valence-electron chi connectivity index (χ2n) is 6.02. The van der Waals surface area contributed by atoms with Crippen LogP contribution in [0.5, 0.6) is 0 Å². The Bertz CT molecular complexity index is 278. The summed E-state index contributed by atoms with van der Waals surface area (Å²) in [4.78, 5) is 13.4. The van der Waals surface area contributed by atoms with Gasteiger partial charge in [0.1, 0.15) is 6.04 Å². The molecule has 2 aliphatic rings. The van der Waals surface area contributed by atoms with Crippen LogP contribution in [0, 0.1) is 5.41 Å². The van der Waals surface area contributed by atoms with E-state index in [2.05, 4.69) is 10.2 Å². The molecule has 2 fully saturated rings. The summed E-state index contributed by atoms with van der Waals surface area (Å²) in [5.41, 5.74) is 0.658. The van der Waals surface area contributed by atoms with Gasteiger partial charge < -0.3 is 15.3 Å². The lowest BCUT2D eigenvalue weighted by Crippen LogP contribution is -2.42. The number of nitrogens with zero attached hydrogens (tertiary/aromatic N) is 1. The average Bonchev–Trinajstić information content (AvgIpc) is 2.81. The highest BCUT2D eigenvalue weighted by molar-refractivity contribution is 5.73. The van der Waals surface area contributed by atoms with E-state index in [4.69, 9.17) is 5.11 Å². The minimum atomic E-state index is -0.734. The van der Waals surface area contributed by atoms with Crippen LogP contribution in [0.4, 0.5) is 0 Å². The summed E-state index contributed by atoms with van der Waals surface area (Å²) >= 11 is 0. The molecule has 104 valence electrons. The average molecular weight is 254 g/mol. The van der Waals surface area contributed by atoms with E-state index < -0.39 is 12.0 Å². The van der Waals surface area contributed by atoms with Crippen molar-refractivity contribution >= 4 is 5.97 Å². The molecule has 0 aromatic rings. The lowest BCUT2D eigenvalue weighted by Gasteiger charge is -2.39. The van der Waals surface area contributed by atoms with Gasteiger partial charge >= 0.3 is 5.97 Å². The molecule has 1 saturated heterocycles. The van der Waals surface area contributed by atoms with Crippen LogP contribution < -0.4 is 5.32 Å². The number of aliphatic carboxylic acids is 1. The fourth-order valence-corrected chi connectivity index (χ4v) is 3.58. The van der Waals surface area contributed by atoms with Crippen LogP contribution in [0.15, 0.2) is 0 Å². The Kier molecular flexibility index (Phi) is 4.62. The monoisotopic (exact) mass is 254 g/mol. The van der Waals surface area contributed by atoms with Gasteiger partial charge in [0.05, 0.1) is 0 Å². The smallest absolute Gasteiger partial charge is 0.320 e. The molecule has 1 spiro atoms. The van der Waals surface area contributed by atoms with E-state index in [-0.39, 0.29) is 0 Å². The number of rotatable bonds is 5. The third-order valence-corrected chi connectivity index (χ3v) is 4.96. The number of likely N-dealkylation sites (tertiary alicyclic amines) is 1. The number of nitrogens with one attached hydrogen (secondary N) is 1. The summed E-state index contributed by atoms with van der Waals surface area (Å²) in [7, 11) is 1.72. The Morgan fingerprint density at radius 3 is 2.39 bits per heavy atom. The van der Waals surface area contributed by atoms with Crippen LogP contribution in [0.1, 0.15) is 44.9 Å². The van der Waals surface area contributed by atoms with Crippen LogP contribution in [-0.2, 0) is 4.79 Å². The second-order valence-corrected chi connectivity index (χ2v) is 6.02. The summed E-state index contributed by atoms with van der Waals surface area (Å²) in [6.07, 6.45) is 9.04. The van der Waals surface area contributed by atoms with E-state index in [9.17, 15) is 4.79 Å². The number of hydrogen-bond acceptors (Lipinski definition) is 3. The molecular formula is C14H26N2O2. The first-order valence-electron chi connectivity index (χ1n) is 7.28. The van der Waals surface area contributed by atoms with Crippen LogP contribution in [0.25, 0.3) is 0 Å². The van der Waals surface area contributed by atoms with Crippen molar-refractivity contribution in [3.05, 3.63) is 0 Å². The second kappa shape index (κ2) is 6.02. The first-order valence-corrected chi connectivity index (χ1v) is 7.28. The highest BCUT2D eigenvalue weighted by Gasteiger charge is 2.36. The highest BCUT2D eigenvalue weighted by atomic mass is 16.4. The first kappa shape index (κ1) is 13.8. The van der Waals surface area contributed by atoms with Crippen molar-refractivity contribution in [1.29, 1.82) is 0 Å². The fourth-order valence-electron chi connectivity index (χ4n) is 3.58. The zero-order valence-electron chi connectivity index (χ0n) is 11.5. The van der Waals surface area contributed by atoms with E-state index in [1.807, 2.05) is 0 Å². The van der Waals surface area contributed by atoms with E-state index in [1.165, 1.54) is 38.5 Å². The molecule has 0 aromatic heterocycles. The molecule has 1 unspecified atom stereocenters. The first-order chi connectivity index (χ1) is 8.65. The van der Waals surface area contributed by atoms with Crippen LogP contribution in [0.2, 0.25) is 0 Å².